The number of ether oxygens (including phenoxy) is 2. The molecule has 2 rings (SSSR count). The van der Waals surface area contributed by atoms with Crippen LogP contribution in [0.2, 0.25) is 0 Å². The number of benzene rings is 1. The molecular weight excluding hydrogens is 294 g/mol. The van der Waals surface area contributed by atoms with E-state index < -0.39 is 0 Å². The summed E-state index contributed by atoms with van der Waals surface area (Å²) in [7, 11) is 0. The highest BCUT2D eigenvalue weighted by atomic mass is 79.9. The van der Waals surface area contributed by atoms with E-state index in [2.05, 4.69) is 28.1 Å². The molecule has 1 heterocycles. The van der Waals surface area contributed by atoms with Crippen LogP contribution in [0.25, 0.3) is 0 Å². The summed E-state index contributed by atoms with van der Waals surface area (Å²) in [5.41, 5.74) is 7.16. The fourth-order valence-electron chi connectivity index (χ4n) is 2.19. The highest BCUT2D eigenvalue weighted by Crippen LogP contribution is 2.25. The van der Waals surface area contributed by atoms with Gasteiger partial charge in [0, 0.05) is 23.0 Å². The molecule has 0 radical (unpaired) electrons. The van der Waals surface area contributed by atoms with Crippen molar-refractivity contribution in [3.63, 3.8) is 0 Å². The maximum absolute atomic E-state index is 6.03. The Morgan fingerprint density at radius 2 is 2.39 bits per heavy atom. The van der Waals surface area contributed by atoms with E-state index >= 15 is 0 Å². The Kier molecular flexibility index (Phi) is 5.18. The summed E-state index contributed by atoms with van der Waals surface area (Å²) in [6, 6.07) is 8.12. The van der Waals surface area contributed by atoms with Gasteiger partial charge in [0.05, 0.1) is 19.3 Å². The van der Waals surface area contributed by atoms with Crippen molar-refractivity contribution in [1.29, 1.82) is 0 Å². The molecule has 1 aliphatic heterocycles. The summed E-state index contributed by atoms with van der Waals surface area (Å²) >= 11 is 3.48. The maximum Gasteiger partial charge on any atom is 0.0973 e. The molecule has 1 aromatic rings. The molecule has 1 saturated heterocycles. The van der Waals surface area contributed by atoms with Crippen LogP contribution in [-0.2, 0) is 9.47 Å². The number of nitrogens with two attached hydrogens (primary N) is 1. The molecule has 0 saturated carbocycles. The second kappa shape index (κ2) is 6.66. The number of rotatable bonds is 5. The zero-order chi connectivity index (χ0) is 13.0. The van der Waals surface area contributed by atoms with Crippen molar-refractivity contribution in [1.82, 2.24) is 0 Å². The van der Waals surface area contributed by atoms with Gasteiger partial charge in [0.2, 0.25) is 0 Å². The van der Waals surface area contributed by atoms with Gasteiger partial charge in [-0.1, -0.05) is 28.1 Å². The second-order valence-electron chi connectivity index (χ2n) is 4.90. The zero-order valence-electron chi connectivity index (χ0n) is 10.6. The van der Waals surface area contributed by atoms with Crippen LogP contribution in [0.1, 0.15) is 25.0 Å². The standard InChI is InChI=1S/C14H20BrNO2/c1-10(16)14(12-3-2-4-13(15)7-12)18-9-11-5-6-17-8-11/h2-4,7,10-11,14H,5-6,8-9,16H2,1H3. The first-order valence-corrected chi connectivity index (χ1v) is 7.16. The molecule has 0 amide bonds. The average molecular weight is 314 g/mol. The van der Waals surface area contributed by atoms with Gasteiger partial charge in [-0.3, -0.25) is 0 Å². The van der Waals surface area contributed by atoms with E-state index in [-0.39, 0.29) is 12.1 Å². The van der Waals surface area contributed by atoms with E-state index in [0.29, 0.717) is 5.92 Å². The Morgan fingerprint density at radius 1 is 1.56 bits per heavy atom. The van der Waals surface area contributed by atoms with Crippen LogP contribution in [0.5, 0.6) is 0 Å². The lowest BCUT2D eigenvalue weighted by Crippen LogP contribution is -2.28. The number of halogens is 1. The van der Waals surface area contributed by atoms with Crippen molar-refractivity contribution < 1.29 is 9.47 Å². The van der Waals surface area contributed by atoms with Crippen LogP contribution in [0.3, 0.4) is 0 Å². The van der Waals surface area contributed by atoms with Crippen molar-refractivity contribution in [2.45, 2.75) is 25.5 Å². The van der Waals surface area contributed by atoms with Gasteiger partial charge in [0.15, 0.2) is 0 Å². The topological polar surface area (TPSA) is 44.5 Å². The van der Waals surface area contributed by atoms with Gasteiger partial charge in [0.1, 0.15) is 0 Å². The molecule has 4 heteroatoms. The van der Waals surface area contributed by atoms with Crippen molar-refractivity contribution >= 4 is 15.9 Å². The van der Waals surface area contributed by atoms with E-state index in [1.807, 2.05) is 19.1 Å². The van der Waals surface area contributed by atoms with E-state index in [1.54, 1.807) is 0 Å². The number of hydrogen-bond donors (Lipinski definition) is 1. The largest absolute Gasteiger partial charge is 0.381 e. The third-order valence-corrected chi connectivity index (χ3v) is 3.68. The van der Waals surface area contributed by atoms with Gasteiger partial charge in [0.25, 0.3) is 0 Å². The summed E-state index contributed by atoms with van der Waals surface area (Å²) in [5, 5.41) is 0. The molecule has 2 N–H and O–H groups in total. The van der Waals surface area contributed by atoms with Gasteiger partial charge in [-0.15, -0.1) is 0 Å². The summed E-state index contributed by atoms with van der Waals surface area (Å²) in [4.78, 5) is 0. The van der Waals surface area contributed by atoms with Crippen LogP contribution in [0.15, 0.2) is 28.7 Å². The average Bonchev–Trinajstić information content (AvgIpc) is 2.82. The van der Waals surface area contributed by atoms with Crippen molar-refractivity contribution in [3.05, 3.63) is 34.3 Å². The lowest BCUT2D eigenvalue weighted by molar-refractivity contribution is 0.0134. The minimum absolute atomic E-state index is 0.0263. The lowest BCUT2D eigenvalue weighted by Gasteiger charge is -2.23. The quantitative estimate of drug-likeness (QED) is 0.909. The minimum Gasteiger partial charge on any atom is -0.381 e. The molecule has 100 valence electrons. The Bertz CT molecular complexity index is 378. The monoisotopic (exact) mass is 313 g/mol. The van der Waals surface area contributed by atoms with Crippen LogP contribution < -0.4 is 5.73 Å². The highest BCUT2D eigenvalue weighted by molar-refractivity contribution is 9.10. The van der Waals surface area contributed by atoms with Gasteiger partial charge in [-0.25, -0.2) is 0 Å². The molecule has 3 nitrogen and oxygen atoms in total. The molecule has 18 heavy (non-hydrogen) atoms. The minimum atomic E-state index is -0.0527. The fourth-order valence-corrected chi connectivity index (χ4v) is 2.61. The molecule has 1 aliphatic rings. The zero-order valence-corrected chi connectivity index (χ0v) is 12.2. The molecule has 3 atom stereocenters. The molecule has 3 unspecified atom stereocenters. The van der Waals surface area contributed by atoms with Crippen molar-refractivity contribution in [3.8, 4) is 0 Å². The molecule has 0 bridgehead atoms. The summed E-state index contributed by atoms with van der Waals surface area (Å²) in [6.07, 6.45) is 1.03. The summed E-state index contributed by atoms with van der Waals surface area (Å²) in [6.45, 7) is 4.37. The van der Waals surface area contributed by atoms with Crippen molar-refractivity contribution in [2.24, 2.45) is 11.7 Å². The van der Waals surface area contributed by atoms with Crippen LogP contribution in [0.4, 0.5) is 0 Å². The van der Waals surface area contributed by atoms with E-state index in [0.717, 1.165) is 36.3 Å². The summed E-state index contributed by atoms with van der Waals surface area (Å²) < 4.78 is 12.4. The van der Waals surface area contributed by atoms with E-state index in [4.69, 9.17) is 15.2 Å². The first kappa shape index (κ1) is 14.0. The molecular formula is C14H20BrNO2. The molecule has 1 fully saturated rings. The Labute approximate surface area is 117 Å². The van der Waals surface area contributed by atoms with E-state index in [1.165, 1.54) is 0 Å². The van der Waals surface area contributed by atoms with Gasteiger partial charge in [-0.2, -0.15) is 0 Å². The first-order valence-electron chi connectivity index (χ1n) is 6.37. The molecule has 1 aromatic carbocycles. The maximum atomic E-state index is 6.03. The fraction of sp³-hybridized carbons (Fsp3) is 0.571. The predicted octanol–water partition coefficient (Wildman–Crippen LogP) is 2.89. The normalized spacial score (nSPS) is 22.9. The van der Waals surface area contributed by atoms with Gasteiger partial charge in [-0.05, 0) is 31.0 Å². The smallest absolute Gasteiger partial charge is 0.0973 e. The second-order valence-corrected chi connectivity index (χ2v) is 5.81. The van der Waals surface area contributed by atoms with Crippen molar-refractivity contribution in [2.75, 3.05) is 19.8 Å². The Balaban J connectivity index is 1.99. The highest BCUT2D eigenvalue weighted by Gasteiger charge is 2.21. The van der Waals surface area contributed by atoms with E-state index in [9.17, 15) is 0 Å². The molecule has 0 aromatic heterocycles. The lowest BCUT2D eigenvalue weighted by atomic mass is 10.0. The third-order valence-electron chi connectivity index (χ3n) is 3.19. The third kappa shape index (κ3) is 3.79. The Morgan fingerprint density at radius 3 is 3.00 bits per heavy atom. The Hall–Kier alpha value is -0.420. The van der Waals surface area contributed by atoms with Crippen LogP contribution >= 0.6 is 15.9 Å². The van der Waals surface area contributed by atoms with Gasteiger partial charge >= 0.3 is 0 Å². The predicted molar refractivity (Wildman–Crippen MR) is 75.4 cm³/mol. The van der Waals surface area contributed by atoms with Gasteiger partial charge < -0.3 is 15.2 Å². The molecule has 0 aliphatic carbocycles. The SMILES string of the molecule is CC(N)C(OCC1CCOC1)c1cccc(Br)c1. The number of hydrogen-bond acceptors (Lipinski definition) is 3. The van der Waals surface area contributed by atoms with Crippen LogP contribution in [0, 0.1) is 5.92 Å². The molecule has 0 spiro atoms. The van der Waals surface area contributed by atoms with Crippen LogP contribution in [-0.4, -0.2) is 25.9 Å². The summed E-state index contributed by atoms with van der Waals surface area (Å²) in [5.74, 6) is 0.512. The first-order chi connectivity index (χ1) is 8.66.